The number of phenols is 1. The van der Waals surface area contributed by atoms with Gasteiger partial charge in [-0.05, 0) is 28.9 Å². The molecule has 9 nitrogen and oxygen atoms in total. The lowest BCUT2D eigenvalue weighted by atomic mass is 9.55. The molecular formula is C27H33NO8. The number of carbonyl (C=O) groups excluding carboxylic acids is 3. The minimum Gasteiger partial charge on any atom is -0.508 e. The highest BCUT2D eigenvalue weighted by Crippen LogP contribution is 2.57. The summed E-state index contributed by atoms with van der Waals surface area (Å²) in [6.07, 6.45) is -0.742. The maximum Gasteiger partial charge on any atom is 0.255 e. The number of benzene rings is 1. The van der Waals surface area contributed by atoms with Gasteiger partial charge in [0.1, 0.15) is 22.8 Å². The molecule has 0 spiro atoms. The maximum atomic E-state index is 13.8. The number of rotatable bonds is 3. The number of fused-ring (bicyclic) bond motifs is 3. The molecule has 4 rings (SSSR count). The third kappa shape index (κ3) is 3.25. The highest BCUT2D eigenvalue weighted by atomic mass is 16.4. The number of Topliss-reactive ketones (excluding diaryl/α,β-unsaturated/α-hetero) is 2. The molecule has 1 amide bonds. The molecule has 1 aromatic rings. The SMILES string of the molecule is CCCc1cc(C(C)(C)C)c(O)c2c1[C@H](C)[C@@H]1C(=C2O)C(=O)[C@]2(O)C(O)=C(C(N)=O)C(=O)C[C@@H]2[C@H]1O. The quantitative estimate of drug-likeness (QED) is 0.343. The number of carbonyl (C=O) groups is 3. The summed E-state index contributed by atoms with van der Waals surface area (Å²) in [6, 6.07) is 1.89. The van der Waals surface area contributed by atoms with Crippen LogP contribution in [-0.2, 0) is 26.2 Å². The molecule has 9 heteroatoms. The van der Waals surface area contributed by atoms with E-state index in [1.54, 1.807) is 6.92 Å². The van der Waals surface area contributed by atoms with E-state index in [0.717, 1.165) is 12.0 Å². The number of amides is 1. The molecule has 0 aromatic heterocycles. The van der Waals surface area contributed by atoms with Gasteiger partial charge < -0.3 is 31.3 Å². The number of aromatic hydroxyl groups is 1. The molecule has 1 aromatic carbocycles. The predicted molar refractivity (Wildman–Crippen MR) is 130 cm³/mol. The molecule has 0 unspecified atom stereocenters. The van der Waals surface area contributed by atoms with Crippen LogP contribution in [0, 0.1) is 11.8 Å². The van der Waals surface area contributed by atoms with Crippen molar-refractivity contribution in [3.05, 3.63) is 45.2 Å². The molecule has 0 bridgehead atoms. The minimum absolute atomic E-state index is 0.0534. The first-order valence-electron chi connectivity index (χ1n) is 12.1. The van der Waals surface area contributed by atoms with Crippen molar-refractivity contribution in [2.75, 3.05) is 0 Å². The number of ketones is 2. The van der Waals surface area contributed by atoms with Crippen molar-refractivity contribution in [3.63, 3.8) is 0 Å². The average Bonchev–Trinajstić information content (AvgIpc) is 2.76. The average molecular weight is 500 g/mol. The van der Waals surface area contributed by atoms with Gasteiger partial charge in [0, 0.05) is 29.4 Å². The van der Waals surface area contributed by atoms with Crippen LogP contribution in [-0.4, -0.2) is 54.7 Å². The van der Waals surface area contributed by atoms with Crippen LogP contribution in [0.4, 0.5) is 0 Å². The second-order valence-corrected chi connectivity index (χ2v) is 11.2. The smallest absolute Gasteiger partial charge is 0.255 e. The Hall–Kier alpha value is -3.17. The van der Waals surface area contributed by atoms with Crippen molar-refractivity contribution in [1.82, 2.24) is 0 Å². The van der Waals surface area contributed by atoms with E-state index in [4.69, 9.17) is 5.73 Å². The molecule has 0 aliphatic heterocycles. The molecule has 0 radical (unpaired) electrons. The zero-order valence-electron chi connectivity index (χ0n) is 21.0. The molecule has 0 saturated heterocycles. The Bertz CT molecular complexity index is 1270. The topological polar surface area (TPSA) is 178 Å². The van der Waals surface area contributed by atoms with E-state index in [2.05, 4.69) is 0 Å². The zero-order valence-corrected chi connectivity index (χ0v) is 21.0. The summed E-state index contributed by atoms with van der Waals surface area (Å²) in [5.41, 5.74) is 2.66. The fraction of sp³-hybridized carbons (Fsp3) is 0.519. The maximum absolute atomic E-state index is 13.8. The Kier molecular flexibility index (Phi) is 5.88. The molecule has 36 heavy (non-hydrogen) atoms. The van der Waals surface area contributed by atoms with Crippen LogP contribution >= 0.6 is 0 Å². The molecule has 3 aliphatic rings. The third-order valence-corrected chi connectivity index (χ3v) is 8.01. The first kappa shape index (κ1) is 25.9. The molecule has 1 fully saturated rings. The Morgan fingerprint density at radius 1 is 1.19 bits per heavy atom. The van der Waals surface area contributed by atoms with Crippen molar-refractivity contribution >= 4 is 23.2 Å². The predicted octanol–water partition coefficient (Wildman–Crippen LogP) is 2.21. The number of phenolic OH excluding ortho intramolecular Hbond substituents is 1. The van der Waals surface area contributed by atoms with Gasteiger partial charge in [-0.15, -0.1) is 0 Å². The van der Waals surface area contributed by atoms with Gasteiger partial charge in [-0.25, -0.2) is 0 Å². The van der Waals surface area contributed by atoms with Crippen molar-refractivity contribution in [3.8, 4) is 5.75 Å². The van der Waals surface area contributed by atoms with Gasteiger partial charge in [-0.3, -0.25) is 14.4 Å². The van der Waals surface area contributed by atoms with Crippen molar-refractivity contribution in [2.24, 2.45) is 17.6 Å². The molecular weight excluding hydrogens is 466 g/mol. The lowest BCUT2D eigenvalue weighted by Crippen LogP contribution is -2.64. The highest BCUT2D eigenvalue weighted by Gasteiger charge is 2.65. The number of aliphatic hydroxyl groups excluding tert-OH is 3. The number of hydrogen-bond acceptors (Lipinski definition) is 8. The molecule has 7 N–H and O–H groups in total. The van der Waals surface area contributed by atoms with Crippen LogP contribution in [0.15, 0.2) is 23.0 Å². The largest absolute Gasteiger partial charge is 0.508 e. The number of hydrogen-bond donors (Lipinski definition) is 6. The van der Waals surface area contributed by atoms with Gasteiger partial charge in [0.15, 0.2) is 11.4 Å². The summed E-state index contributed by atoms with van der Waals surface area (Å²) < 4.78 is 0. The lowest BCUT2D eigenvalue weighted by molar-refractivity contribution is -0.160. The summed E-state index contributed by atoms with van der Waals surface area (Å²) >= 11 is 0. The van der Waals surface area contributed by atoms with E-state index < -0.39 is 75.9 Å². The van der Waals surface area contributed by atoms with Crippen LogP contribution in [0.5, 0.6) is 5.75 Å². The van der Waals surface area contributed by atoms with Crippen LogP contribution < -0.4 is 5.73 Å². The molecule has 1 saturated carbocycles. The molecule has 5 atom stereocenters. The second-order valence-electron chi connectivity index (χ2n) is 11.2. The van der Waals surface area contributed by atoms with E-state index in [1.807, 2.05) is 33.8 Å². The van der Waals surface area contributed by atoms with Crippen molar-refractivity contribution in [1.29, 1.82) is 0 Å². The van der Waals surface area contributed by atoms with E-state index >= 15 is 0 Å². The molecule has 3 aliphatic carbocycles. The summed E-state index contributed by atoms with van der Waals surface area (Å²) in [7, 11) is 0. The van der Waals surface area contributed by atoms with Gasteiger partial charge in [0.2, 0.25) is 5.78 Å². The van der Waals surface area contributed by atoms with Gasteiger partial charge in [-0.1, -0.05) is 47.1 Å². The third-order valence-electron chi connectivity index (χ3n) is 8.01. The van der Waals surface area contributed by atoms with E-state index in [1.165, 1.54) is 0 Å². The van der Waals surface area contributed by atoms with Crippen LogP contribution in [0.25, 0.3) is 5.76 Å². The first-order valence-corrected chi connectivity index (χ1v) is 12.1. The molecule has 194 valence electrons. The van der Waals surface area contributed by atoms with Gasteiger partial charge >= 0.3 is 0 Å². The fourth-order valence-electron chi connectivity index (χ4n) is 6.30. The van der Waals surface area contributed by atoms with Crippen LogP contribution in [0.1, 0.15) is 75.6 Å². The summed E-state index contributed by atoms with van der Waals surface area (Å²) in [6.45, 7) is 9.45. The standard InChI is InChI=1S/C27H33NO8/c1-6-7-11-8-12(26(3,4)5)20(30)18-15(11)10(2)16-19(22(18)32)24(34)27(36)13(21(16)31)9-14(29)17(23(27)33)25(28)35/h8,10,13,16,21,30-33,36H,6-7,9H2,1-5H3,(H2,28,35)/t10-,13+,16+,21+,27+/m0/s1. The van der Waals surface area contributed by atoms with E-state index in [9.17, 15) is 39.9 Å². The number of primary amides is 1. The van der Waals surface area contributed by atoms with Gasteiger partial charge in [0.05, 0.1) is 11.7 Å². The van der Waals surface area contributed by atoms with Crippen molar-refractivity contribution in [2.45, 2.75) is 76.9 Å². The van der Waals surface area contributed by atoms with Crippen molar-refractivity contribution < 1.29 is 39.9 Å². The fourth-order valence-corrected chi connectivity index (χ4v) is 6.30. The van der Waals surface area contributed by atoms with Crippen LogP contribution in [0.2, 0.25) is 0 Å². The summed E-state index contributed by atoms with van der Waals surface area (Å²) in [5, 5.41) is 56.3. The first-order chi connectivity index (χ1) is 16.6. The Morgan fingerprint density at radius 2 is 1.81 bits per heavy atom. The lowest BCUT2D eigenvalue weighted by Gasteiger charge is -2.50. The normalized spacial score (nSPS) is 30.2. The van der Waals surface area contributed by atoms with Crippen LogP contribution in [0.3, 0.4) is 0 Å². The number of nitrogens with two attached hydrogens (primary N) is 1. The summed E-state index contributed by atoms with van der Waals surface area (Å²) in [5.74, 6) is -8.45. The monoisotopic (exact) mass is 499 g/mol. The zero-order chi connectivity index (χ0) is 27.1. The van der Waals surface area contributed by atoms with E-state index in [0.29, 0.717) is 17.5 Å². The minimum atomic E-state index is -2.84. The van der Waals surface area contributed by atoms with E-state index in [-0.39, 0.29) is 16.9 Å². The Labute approximate surface area is 208 Å². The Balaban J connectivity index is 2.07. The highest BCUT2D eigenvalue weighted by molar-refractivity contribution is 6.23. The number of aliphatic hydroxyl groups is 4. The summed E-state index contributed by atoms with van der Waals surface area (Å²) in [4.78, 5) is 38.2. The Morgan fingerprint density at radius 3 is 2.33 bits per heavy atom. The number of aryl methyl sites for hydroxylation is 1. The van der Waals surface area contributed by atoms with Gasteiger partial charge in [-0.2, -0.15) is 0 Å². The molecule has 0 heterocycles. The van der Waals surface area contributed by atoms with Gasteiger partial charge in [0.25, 0.3) is 5.91 Å². The second kappa shape index (κ2) is 8.18.